The van der Waals surface area contributed by atoms with E-state index in [0.717, 1.165) is 36.5 Å². The van der Waals surface area contributed by atoms with Crippen molar-refractivity contribution in [3.63, 3.8) is 0 Å². The Balaban J connectivity index is 2.68. The molecule has 0 heterocycles. The first-order valence-electron chi connectivity index (χ1n) is 9.18. The van der Waals surface area contributed by atoms with E-state index in [-0.39, 0.29) is 24.9 Å². The highest BCUT2D eigenvalue weighted by atomic mass is 16.5. The third-order valence-corrected chi connectivity index (χ3v) is 4.44. The lowest BCUT2D eigenvalue weighted by Crippen LogP contribution is -2.42. The van der Waals surface area contributed by atoms with Crippen LogP contribution in [-0.2, 0) is 14.3 Å². The average Bonchev–Trinajstić information content (AvgIpc) is 2.64. The van der Waals surface area contributed by atoms with Crippen molar-refractivity contribution in [2.75, 3.05) is 46.4 Å². The number of carbonyl (C=O) groups is 2. The van der Waals surface area contributed by atoms with E-state index in [9.17, 15) is 9.59 Å². The Hall–Kier alpha value is -2.08. The third kappa shape index (κ3) is 7.44. The molecule has 0 bridgehead atoms. The second-order valence-electron chi connectivity index (χ2n) is 6.29. The Morgan fingerprint density at radius 3 is 2.35 bits per heavy atom. The lowest BCUT2D eigenvalue weighted by molar-refractivity contribution is -0.142. The molecule has 0 aromatic heterocycles. The topological polar surface area (TPSA) is 59.1 Å². The van der Waals surface area contributed by atoms with E-state index in [1.807, 2.05) is 32.0 Å². The van der Waals surface area contributed by atoms with Gasteiger partial charge in [0.25, 0.3) is 5.91 Å². The zero-order chi connectivity index (χ0) is 19.5. The molecule has 0 unspecified atom stereocenters. The molecule has 1 amide bonds. The summed E-state index contributed by atoms with van der Waals surface area (Å²) in [6.45, 7) is 11.6. The average molecular weight is 364 g/mol. The second-order valence-corrected chi connectivity index (χ2v) is 6.29. The van der Waals surface area contributed by atoms with Gasteiger partial charge in [0.05, 0.1) is 13.5 Å². The van der Waals surface area contributed by atoms with Crippen LogP contribution in [0.2, 0.25) is 0 Å². The van der Waals surface area contributed by atoms with E-state index in [2.05, 4.69) is 23.5 Å². The molecule has 0 aliphatic rings. The number of esters is 1. The van der Waals surface area contributed by atoms with Gasteiger partial charge in [0.15, 0.2) is 6.61 Å². The van der Waals surface area contributed by atoms with Crippen molar-refractivity contribution >= 4 is 11.9 Å². The summed E-state index contributed by atoms with van der Waals surface area (Å²) in [6.07, 6.45) is 0.184. The summed E-state index contributed by atoms with van der Waals surface area (Å²) in [5.74, 6) is 0.276. The van der Waals surface area contributed by atoms with Crippen LogP contribution in [0.15, 0.2) is 18.2 Å². The van der Waals surface area contributed by atoms with Gasteiger partial charge in [0.1, 0.15) is 5.75 Å². The molecule has 26 heavy (non-hydrogen) atoms. The van der Waals surface area contributed by atoms with Gasteiger partial charge in [-0.2, -0.15) is 0 Å². The molecular weight excluding hydrogens is 332 g/mol. The highest BCUT2D eigenvalue weighted by molar-refractivity contribution is 5.78. The second kappa shape index (κ2) is 11.5. The minimum absolute atomic E-state index is 0.0380. The van der Waals surface area contributed by atoms with E-state index in [1.165, 1.54) is 7.11 Å². The number of ether oxygens (including phenoxy) is 2. The lowest BCUT2D eigenvalue weighted by atomic mass is 10.1. The number of likely N-dealkylation sites (N-methyl/N-ethyl adjacent to an activating group) is 1. The molecule has 0 aliphatic carbocycles. The summed E-state index contributed by atoms with van der Waals surface area (Å²) < 4.78 is 10.4. The van der Waals surface area contributed by atoms with Crippen molar-refractivity contribution in [3.05, 3.63) is 29.3 Å². The monoisotopic (exact) mass is 364 g/mol. The molecule has 0 atom stereocenters. The molecule has 0 spiro atoms. The maximum Gasteiger partial charge on any atom is 0.307 e. The first-order valence-corrected chi connectivity index (χ1v) is 9.18. The van der Waals surface area contributed by atoms with Crippen LogP contribution in [0.3, 0.4) is 0 Å². The summed E-state index contributed by atoms with van der Waals surface area (Å²) in [5.41, 5.74) is 2.08. The number of rotatable bonds is 11. The molecule has 0 radical (unpaired) electrons. The fourth-order valence-electron chi connectivity index (χ4n) is 2.59. The van der Waals surface area contributed by atoms with Crippen molar-refractivity contribution < 1.29 is 19.1 Å². The zero-order valence-corrected chi connectivity index (χ0v) is 16.7. The highest BCUT2D eigenvalue weighted by Gasteiger charge is 2.17. The molecule has 0 N–H and O–H groups in total. The molecule has 0 aliphatic heterocycles. The van der Waals surface area contributed by atoms with Crippen molar-refractivity contribution in [1.82, 2.24) is 9.80 Å². The molecule has 0 saturated carbocycles. The number of methoxy groups -OCH3 is 1. The Labute approximate surface area is 157 Å². The molecule has 1 aromatic carbocycles. The first-order chi connectivity index (χ1) is 12.4. The molecule has 6 heteroatoms. The molecule has 1 rings (SSSR count). The fraction of sp³-hybridized carbons (Fsp3) is 0.600. The maximum absolute atomic E-state index is 12.6. The van der Waals surface area contributed by atoms with E-state index >= 15 is 0 Å². The number of amides is 1. The minimum atomic E-state index is -0.318. The minimum Gasteiger partial charge on any atom is -0.483 e. The van der Waals surface area contributed by atoms with Crippen molar-refractivity contribution in [2.24, 2.45) is 0 Å². The Bertz CT molecular complexity index is 585. The van der Waals surface area contributed by atoms with Gasteiger partial charge in [-0.3, -0.25) is 9.59 Å². The molecule has 0 fully saturated rings. The smallest absolute Gasteiger partial charge is 0.307 e. The number of carbonyl (C=O) groups excluding carboxylic acids is 2. The van der Waals surface area contributed by atoms with Crippen LogP contribution in [0.4, 0.5) is 0 Å². The van der Waals surface area contributed by atoms with Gasteiger partial charge < -0.3 is 19.3 Å². The number of hydrogen-bond donors (Lipinski definition) is 0. The summed E-state index contributed by atoms with van der Waals surface area (Å²) in [4.78, 5) is 28.0. The summed E-state index contributed by atoms with van der Waals surface area (Å²) in [6, 6.07) is 5.92. The maximum atomic E-state index is 12.6. The van der Waals surface area contributed by atoms with Gasteiger partial charge in [0, 0.05) is 19.6 Å². The third-order valence-electron chi connectivity index (χ3n) is 4.44. The van der Waals surface area contributed by atoms with Crippen LogP contribution in [0.25, 0.3) is 0 Å². The SMILES string of the molecule is CCN(CC)CCN(CCC(=O)OC)C(=O)COc1cc(C)ccc1C. The zero-order valence-electron chi connectivity index (χ0n) is 16.7. The highest BCUT2D eigenvalue weighted by Crippen LogP contribution is 2.19. The largest absolute Gasteiger partial charge is 0.483 e. The predicted molar refractivity (Wildman–Crippen MR) is 102 cm³/mol. The molecule has 6 nitrogen and oxygen atoms in total. The van der Waals surface area contributed by atoms with E-state index in [1.54, 1.807) is 4.90 Å². The molecule has 146 valence electrons. The van der Waals surface area contributed by atoms with E-state index in [4.69, 9.17) is 4.74 Å². The first kappa shape index (κ1) is 22.0. The van der Waals surface area contributed by atoms with Gasteiger partial charge in [-0.15, -0.1) is 0 Å². The van der Waals surface area contributed by atoms with Crippen LogP contribution < -0.4 is 4.74 Å². The van der Waals surface area contributed by atoms with Gasteiger partial charge >= 0.3 is 5.97 Å². The standard InChI is InChI=1S/C20H32N2O4/c1-6-21(7-2)12-13-22(11-10-20(24)25-5)19(23)15-26-18-14-16(3)8-9-17(18)4/h8-9,14H,6-7,10-13,15H2,1-5H3. The van der Waals surface area contributed by atoms with Gasteiger partial charge in [-0.25, -0.2) is 0 Å². The lowest BCUT2D eigenvalue weighted by Gasteiger charge is -2.26. The summed E-state index contributed by atoms with van der Waals surface area (Å²) >= 11 is 0. The van der Waals surface area contributed by atoms with Crippen LogP contribution in [0.1, 0.15) is 31.4 Å². The molecule has 1 aromatic rings. The van der Waals surface area contributed by atoms with Crippen molar-refractivity contribution in [1.29, 1.82) is 0 Å². The van der Waals surface area contributed by atoms with E-state index in [0.29, 0.717) is 13.1 Å². The Morgan fingerprint density at radius 2 is 1.73 bits per heavy atom. The quantitative estimate of drug-likeness (QED) is 0.565. The fourth-order valence-corrected chi connectivity index (χ4v) is 2.59. The van der Waals surface area contributed by atoms with Gasteiger partial charge in [-0.05, 0) is 44.1 Å². The Kier molecular flexibility index (Phi) is 9.73. The van der Waals surface area contributed by atoms with Crippen LogP contribution in [0.5, 0.6) is 5.75 Å². The molecular formula is C20H32N2O4. The van der Waals surface area contributed by atoms with Gasteiger partial charge in [0.2, 0.25) is 0 Å². The summed E-state index contributed by atoms with van der Waals surface area (Å²) in [5, 5.41) is 0. The Morgan fingerprint density at radius 1 is 1.04 bits per heavy atom. The number of nitrogens with zero attached hydrogens (tertiary/aromatic N) is 2. The number of aryl methyl sites for hydroxylation is 2. The predicted octanol–water partition coefficient (Wildman–Crippen LogP) is 2.42. The van der Waals surface area contributed by atoms with Crippen molar-refractivity contribution in [2.45, 2.75) is 34.1 Å². The van der Waals surface area contributed by atoms with Crippen LogP contribution in [0, 0.1) is 13.8 Å². The van der Waals surface area contributed by atoms with Crippen molar-refractivity contribution in [3.8, 4) is 5.75 Å². The summed E-state index contributed by atoms with van der Waals surface area (Å²) in [7, 11) is 1.36. The number of benzene rings is 1. The van der Waals surface area contributed by atoms with Crippen LogP contribution >= 0.6 is 0 Å². The van der Waals surface area contributed by atoms with Crippen LogP contribution in [-0.4, -0.2) is 68.1 Å². The normalized spacial score (nSPS) is 10.7. The van der Waals surface area contributed by atoms with E-state index < -0.39 is 0 Å². The number of hydrogen-bond acceptors (Lipinski definition) is 5. The van der Waals surface area contributed by atoms with Gasteiger partial charge in [-0.1, -0.05) is 26.0 Å². The molecule has 0 saturated heterocycles.